The fourth-order valence-corrected chi connectivity index (χ4v) is 5.91. The minimum atomic E-state index is -3.85. The molecule has 46 heavy (non-hydrogen) atoms. The Balaban J connectivity index is 1.33. The fraction of sp³-hybridized carbons (Fsp3) is 0.0968. The number of anilines is 1. The van der Waals surface area contributed by atoms with Gasteiger partial charge in [0.25, 0.3) is 11.8 Å². The predicted octanol–water partition coefficient (Wildman–Crippen LogP) is 5.22. The number of ether oxygens (including phenoxy) is 2. The third-order valence-corrected chi connectivity index (χ3v) is 8.75. The molecule has 12 nitrogen and oxygen atoms in total. The van der Waals surface area contributed by atoms with Crippen molar-refractivity contribution in [3.63, 3.8) is 0 Å². The molecule has 1 aliphatic rings. The highest BCUT2D eigenvalue weighted by molar-refractivity contribution is 9.10. The number of hydrogen-bond donors (Lipinski definition) is 2. The van der Waals surface area contributed by atoms with Gasteiger partial charge < -0.3 is 19.2 Å². The molecule has 5 rings (SSSR count). The van der Waals surface area contributed by atoms with Crippen LogP contribution in [-0.2, 0) is 26.2 Å². The molecule has 15 heteroatoms. The number of primary sulfonamides is 1. The second kappa shape index (κ2) is 14.6. The Labute approximate surface area is 277 Å². The first-order valence-corrected chi connectivity index (χ1v) is 16.6. The second-order valence-corrected chi connectivity index (χ2v) is 13.1. The molecule has 0 radical (unpaired) electrons. The lowest BCUT2D eigenvalue weighted by Crippen LogP contribution is -2.28. The first kappa shape index (κ1) is 32.7. The van der Waals surface area contributed by atoms with E-state index >= 15 is 0 Å². The van der Waals surface area contributed by atoms with Crippen LogP contribution in [0.5, 0.6) is 11.5 Å². The molecule has 0 atom stereocenters. The highest BCUT2D eigenvalue weighted by Gasteiger charge is 2.34. The van der Waals surface area contributed by atoms with E-state index in [1.165, 1.54) is 35.4 Å². The van der Waals surface area contributed by atoms with Crippen molar-refractivity contribution >= 4 is 72.7 Å². The molecule has 1 saturated heterocycles. The van der Waals surface area contributed by atoms with Crippen LogP contribution in [0.25, 0.3) is 6.08 Å². The molecule has 0 bridgehead atoms. The summed E-state index contributed by atoms with van der Waals surface area (Å²) in [7, 11) is -2.27. The number of nitrogens with two attached hydrogens (primary N) is 1. The number of amidine groups is 1. The highest BCUT2D eigenvalue weighted by atomic mass is 79.9. The Kier molecular flexibility index (Phi) is 10.4. The minimum Gasteiger partial charge on any atom is -0.497 e. The van der Waals surface area contributed by atoms with Crippen LogP contribution in [0.1, 0.15) is 16.9 Å². The predicted molar refractivity (Wildman–Crippen MR) is 179 cm³/mol. The van der Waals surface area contributed by atoms with E-state index in [9.17, 15) is 18.0 Å². The molecule has 3 aromatic carbocycles. The van der Waals surface area contributed by atoms with Crippen LogP contribution >= 0.6 is 27.7 Å². The van der Waals surface area contributed by atoms with Gasteiger partial charge in [0.15, 0.2) is 11.8 Å². The van der Waals surface area contributed by atoms with Crippen molar-refractivity contribution < 1.29 is 31.9 Å². The number of rotatable bonds is 11. The van der Waals surface area contributed by atoms with E-state index in [2.05, 4.69) is 31.4 Å². The molecular weight excluding hydrogens is 698 g/mol. The molecule has 1 aliphatic heterocycles. The Morgan fingerprint density at radius 2 is 1.87 bits per heavy atom. The normalized spacial score (nSPS) is 15.2. The van der Waals surface area contributed by atoms with E-state index in [0.717, 1.165) is 21.8 Å². The second-order valence-electron chi connectivity index (χ2n) is 9.57. The van der Waals surface area contributed by atoms with Crippen molar-refractivity contribution in [2.75, 3.05) is 19.0 Å². The molecule has 0 saturated carbocycles. The van der Waals surface area contributed by atoms with Crippen molar-refractivity contribution in [2.24, 2.45) is 15.3 Å². The molecule has 0 spiro atoms. The Morgan fingerprint density at radius 1 is 1.11 bits per heavy atom. The minimum absolute atomic E-state index is 0.0754. The van der Waals surface area contributed by atoms with Gasteiger partial charge in [-0.2, -0.15) is 5.10 Å². The quantitative estimate of drug-likeness (QED) is 0.121. The summed E-state index contributed by atoms with van der Waals surface area (Å²) in [4.78, 5) is 27.9. The largest absolute Gasteiger partial charge is 0.497 e. The zero-order valence-corrected chi connectivity index (χ0v) is 27.3. The maximum atomic E-state index is 13.6. The van der Waals surface area contributed by atoms with E-state index in [4.69, 9.17) is 19.0 Å². The number of nitrogens with one attached hydrogen (secondary N) is 1. The Hall–Kier alpha value is -4.70. The number of halogens is 1. The first-order chi connectivity index (χ1) is 22.1. The number of furan rings is 1. The summed E-state index contributed by atoms with van der Waals surface area (Å²) in [5.41, 5.74) is 1.70. The number of thioether (sulfide) groups is 1. The number of amides is 2. The lowest BCUT2D eigenvalue weighted by atomic mass is 10.2. The average molecular weight is 725 g/mol. The maximum absolute atomic E-state index is 13.6. The summed E-state index contributed by atoms with van der Waals surface area (Å²) in [5.74, 6) is 0.841. The number of benzene rings is 3. The van der Waals surface area contributed by atoms with Gasteiger partial charge in [0, 0.05) is 15.7 Å². The van der Waals surface area contributed by atoms with Crippen LogP contribution in [-0.4, -0.2) is 50.2 Å². The van der Waals surface area contributed by atoms with Crippen LogP contribution in [0, 0.1) is 0 Å². The zero-order chi connectivity index (χ0) is 32.7. The first-order valence-electron chi connectivity index (χ1n) is 13.4. The zero-order valence-electron chi connectivity index (χ0n) is 24.1. The lowest BCUT2D eigenvalue weighted by Gasteiger charge is -2.13. The summed E-state index contributed by atoms with van der Waals surface area (Å²) < 4.78 is 40.1. The van der Waals surface area contributed by atoms with Crippen molar-refractivity contribution in [1.82, 2.24) is 4.90 Å². The third-order valence-electron chi connectivity index (χ3n) is 6.33. The fourth-order valence-electron chi connectivity index (χ4n) is 4.09. The molecule has 236 valence electrons. The van der Waals surface area contributed by atoms with Crippen LogP contribution in [0.3, 0.4) is 0 Å². The number of nitrogens with zero attached hydrogens (tertiary/aromatic N) is 3. The summed E-state index contributed by atoms with van der Waals surface area (Å²) in [6.45, 7) is -0.208. The van der Waals surface area contributed by atoms with Crippen LogP contribution in [0.4, 0.5) is 5.69 Å². The van der Waals surface area contributed by atoms with Crippen molar-refractivity contribution in [3.05, 3.63) is 111 Å². The number of carbonyl (C=O) groups is 2. The lowest BCUT2D eigenvalue weighted by molar-refractivity contribution is -0.122. The van der Waals surface area contributed by atoms with Gasteiger partial charge >= 0.3 is 0 Å². The molecule has 0 unspecified atom stereocenters. The summed E-state index contributed by atoms with van der Waals surface area (Å²) in [5, 5.41) is 16.6. The Bertz CT molecular complexity index is 1930. The van der Waals surface area contributed by atoms with E-state index < -0.39 is 15.9 Å². The van der Waals surface area contributed by atoms with Gasteiger partial charge in [-0.1, -0.05) is 15.9 Å². The monoisotopic (exact) mass is 723 g/mol. The number of sulfonamides is 1. The number of carbonyl (C=O) groups excluding carboxylic acids is 2. The molecular formula is C31H26BrN5O7S2. The van der Waals surface area contributed by atoms with Crippen molar-refractivity contribution in [2.45, 2.75) is 11.4 Å². The topological polar surface area (TPSA) is 166 Å². The standard InChI is InChI=1S/C31H26BrN5O7S2/c1-42-24-9-4-20(5-10-24)17-34-36-31-37(18-25-3-2-14-43-25)30(39)28(45-31)16-21-15-22(32)6-13-27(21)44-19-29(38)35-23-7-11-26(12-8-23)46(33,40)41/h2-17H,18-19H2,1H3,(H,35,38)(H2,33,40,41)/b28-16-,34-17-,36-31+. The van der Waals surface area contributed by atoms with Gasteiger partial charge in [-0.3, -0.25) is 14.5 Å². The SMILES string of the molecule is COc1ccc(/C=N\N=C2\S/C(=C\c3cc(Br)ccc3OCC(=O)Nc3ccc(S(N)(=O)=O)cc3)C(=O)N2Cc2ccco2)cc1. The van der Waals surface area contributed by atoms with Gasteiger partial charge in [0.2, 0.25) is 10.0 Å². The van der Waals surface area contributed by atoms with Crippen molar-refractivity contribution in [3.8, 4) is 11.5 Å². The highest BCUT2D eigenvalue weighted by Crippen LogP contribution is 2.36. The van der Waals surface area contributed by atoms with Crippen LogP contribution in [0.2, 0.25) is 0 Å². The van der Waals surface area contributed by atoms with E-state index in [1.807, 2.05) is 24.3 Å². The van der Waals surface area contributed by atoms with Crippen LogP contribution < -0.4 is 19.9 Å². The average Bonchev–Trinajstić information content (AvgIpc) is 3.65. The molecule has 2 amide bonds. The number of methoxy groups -OCH3 is 1. The third kappa shape index (κ3) is 8.51. The van der Waals surface area contributed by atoms with Gasteiger partial charge in [-0.15, -0.1) is 5.10 Å². The van der Waals surface area contributed by atoms with Gasteiger partial charge in [-0.05, 0) is 102 Å². The van der Waals surface area contributed by atoms with Gasteiger partial charge in [0.05, 0.1) is 35.9 Å². The van der Waals surface area contributed by atoms with Crippen LogP contribution in [0.15, 0.2) is 114 Å². The van der Waals surface area contributed by atoms with E-state index in [-0.39, 0.29) is 24.0 Å². The molecule has 3 N–H and O–H groups in total. The van der Waals surface area contributed by atoms with Crippen molar-refractivity contribution in [1.29, 1.82) is 0 Å². The van der Waals surface area contributed by atoms with E-state index in [1.54, 1.807) is 49.7 Å². The summed E-state index contributed by atoms with van der Waals surface area (Å²) >= 11 is 4.59. The van der Waals surface area contributed by atoms with Gasteiger partial charge in [0.1, 0.15) is 17.3 Å². The smallest absolute Gasteiger partial charge is 0.267 e. The molecule has 4 aromatic rings. The Morgan fingerprint density at radius 3 is 2.54 bits per heavy atom. The summed E-state index contributed by atoms with van der Waals surface area (Å²) in [6, 6.07) is 21.4. The molecule has 1 aromatic heterocycles. The maximum Gasteiger partial charge on any atom is 0.267 e. The van der Waals surface area contributed by atoms with E-state index in [0.29, 0.717) is 38.6 Å². The molecule has 1 fully saturated rings. The number of hydrogen-bond acceptors (Lipinski definition) is 10. The molecule has 2 heterocycles. The van der Waals surface area contributed by atoms with Gasteiger partial charge in [-0.25, -0.2) is 13.6 Å². The molecule has 0 aliphatic carbocycles. The summed E-state index contributed by atoms with van der Waals surface area (Å²) in [6.07, 6.45) is 4.76.